The minimum Gasteiger partial charge on any atom is -0.376 e. The second kappa shape index (κ2) is 6.86. The van der Waals surface area contributed by atoms with E-state index in [1.165, 1.54) is 0 Å². The molecule has 0 radical (unpaired) electrons. The number of piperidine rings is 1. The number of carbonyl (C=O) groups is 2. The number of ether oxygens (including phenoxy) is 1. The molecule has 108 valence electrons. The topological polar surface area (TPSA) is 70.7 Å². The summed E-state index contributed by atoms with van der Waals surface area (Å²) in [5, 5.41) is 5.70. The van der Waals surface area contributed by atoms with Crippen molar-refractivity contribution < 1.29 is 14.3 Å². The number of piperazine rings is 1. The quantitative estimate of drug-likeness (QED) is 0.721. The Labute approximate surface area is 113 Å². The minimum absolute atomic E-state index is 0.0492. The molecule has 2 rings (SSSR count). The molecule has 2 atom stereocenters. The SMILES string of the molecule is CCCOC1CCCN(C(=O)C2CNC(=O)CN2)C1. The third-order valence-electron chi connectivity index (χ3n) is 3.56. The molecule has 2 saturated heterocycles. The van der Waals surface area contributed by atoms with Crippen molar-refractivity contribution in [3.63, 3.8) is 0 Å². The first-order valence-corrected chi connectivity index (χ1v) is 7.11. The van der Waals surface area contributed by atoms with E-state index in [0.717, 1.165) is 32.4 Å². The molecule has 19 heavy (non-hydrogen) atoms. The van der Waals surface area contributed by atoms with Crippen molar-refractivity contribution in [3.05, 3.63) is 0 Å². The lowest BCUT2D eigenvalue weighted by Crippen LogP contribution is -2.60. The summed E-state index contributed by atoms with van der Waals surface area (Å²) in [5.41, 5.74) is 0. The zero-order valence-electron chi connectivity index (χ0n) is 11.5. The summed E-state index contributed by atoms with van der Waals surface area (Å²) in [6.07, 6.45) is 3.18. The summed E-state index contributed by atoms with van der Waals surface area (Å²) >= 11 is 0. The van der Waals surface area contributed by atoms with Crippen molar-refractivity contribution in [1.82, 2.24) is 15.5 Å². The maximum Gasteiger partial charge on any atom is 0.241 e. The van der Waals surface area contributed by atoms with Crippen LogP contribution in [0.1, 0.15) is 26.2 Å². The fourth-order valence-corrected chi connectivity index (χ4v) is 2.52. The summed E-state index contributed by atoms with van der Waals surface area (Å²) in [6, 6.07) is -0.289. The lowest BCUT2D eigenvalue weighted by molar-refractivity contribution is -0.138. The van der Waals surface area contributed by atoms with Gasteiger partial charge in [-0.1, -0.05) is 6.92 Å². The number of nitrogens with one attached hydrogen (secondary N) is 2. The van der Waals surface area contributed by atoms with Crippen molar-refractivity contribution in [2.75, 3.05) is 32.8 Å². The van der Waals surface area contributed by atoms with Crippen molar-refractivity contribution in [1.29, 1.82) is 0 Å². The van der Waals surface area contributed by atoms with Gasteiger partial charge in [0.2, 0.25) is 11.8 Å². The average Bonchev–Trinajstić information content (AvgIpc) is 2.45. The molecule has 2 aliphatic rings. The Morgan fingerprint density at radius 1 is 1.53 bits per heavy atom. The van der Waals surface area contributed by atoms with E-state index in [4.69, 9.17) is 4.74 Å². The van der Waals surface area contributed by atoms with Crippen LogP contribution in [0.2, 0.25) is 0 Å². The Bertz CT molecular complexity index is 325. The van der Waals surface area contributed by atoms with E-state index in [0.29, 0.717) is 13.1 Å². The molecule has 6 heteroatoms. The van der Waals surface area contributed by atoms with Crippen molar-refractivity contribution in [3.8, 4) is 0 Å². The van der Waals surface area contributed by atoms with Crippen LogP contribution in [0.25, 0.3) is 0 Å². The van der Waals surface area contributed by atoms with Crippen LogP contribution in [0.5, 0.6) is 0 Å². The predicted molar refractivity (Wildman–Crippen MR) is 70.6 cm³/mol. The van der Waals surface area contributed by atoms with Crippen LogP contribution in [0.3, 0.4) is 0 Å². The molecule has 6 nitrogen and oxygen atoms in total. The molecule has 2 aliphatic heterocycles. The van der Waals surface area contributed by atoms with Crippen LogP contribution < -0.4 is 10.6 Å². The third kappa shape index (κ3) is 3.91. The van der Waals surface area contributed by atoms with Gasteiger partial charge in [0.15, 0.2) is 0 Å². The molecule has 0 bridgehead atoms. The molecular formula is C13H23N3O3. The number of carbonyl (C=O) groups excluding carboxylic acids is 2. The zero-order chi connectivity index (χ0) is 13.7. The van der Waals surface area contributed by atoms with E-state index in [9.17, 15) is 9.59 Å². The summed E-state index contributed by atoms with van der Waals surface area (Å²) in [6.45, 7) is 4.90. The van der Waals surface area contributed by atoms with Gasteiger partial charge < -0.3 is 15.0 Å². The number of amides is 2. The fraction of sp³-hybridized carbons (Fsp3) is 0.846. The van der Waals surface area contributed by atoms with E-state index in [1.54, 1.807) is 0 Å². The summed E-state index contributed by atoms with van der Waals surface area (Å²) in [7, 11) is 0. The van der Waals surface area contributed by atoms with Crippen LogP contribution in [-0.4, -0.2) is 61.6 Å². The van der Waals surface area contributed by atoms with Gasteiger partial charge in [-0.3, -0.25) is 14.9 Å². The van der Waals surface area contributed by atoms with Crippen molar-refractivity contribution in [2.45, 2.75) is 38.3 Å². The smallest absolute Gasteiger partial charge is 0.241 e. The van der Waals surface area contributed by atoms with Gasteiger partial charge in [0, 0.05) is 26.2 Å². The number of hydrogen-bond acceptors (Lipinski definition) is 4. The molecule has 2 N–H and O–H groups in total. The molecule has 0 aliphatic carbocycles. The highest BCUT2D eigenvalue weighted by atomic mass is 16.5. The first-order chi connectivity index (χ1) is 9.20. The fourth-order valence-electron chi connectivity index (χ4n) is 2.52. The monoisotopic (exact) mass is 269 g/mol. The van der Waals surface area contributed by atoms with E-state index >= 15 is 0 Å². The van der Waals surface area contributed by atoms with Crippen molar-refractivity contribution in [2.24, 2.45) is 0 Å². The average molecular weight is 269 g/mol. The largest absolute Gasteiger partial charge is 0.376 e. The van der Waals surface area contributed by atoms with Gasteiger partial charge in [0.05, 0.1) is 12.6 Å². The number of hydrogen-bond donors (Lipinski definition) is 2. The van der Waals surface area contributed by atoms with E-state index in [1.807, 2.05) is 4.90 Å². The molecule has 0 saturated carbocycles. The minimum atomic E-state index is -0.289. The predicted octanol–water partition coefficient (Wildman–Crippen LogP) is -0.508. The number of rotatable bonds is 4. The first-order valence-electron chi connectivity index (χ1n) is 7.11. The number of likely N-dealkylation sites (tertiary alicyclic amines) is 1. The van der Waals surface area contributed by atoms with E-state index < -0.39 is 0 Å². The first kappa shape index (κ1) is 14.3. The lowest BCUT2D eigenvalue weighted by Gasteiger charge is -2.36. The van der Waals surface area contributed by atoms with Crippen LogP contribution in [0, 0.1) is 0 Å². The Morgan fingerprint density at radius 2 is 2.37 bits per heavy atom. The Hall–Kier alpha value is -1.14. The van der Waals surface area contributed by atoms with Crippen LogP contribution in [-0.2, 0) is 14.3 Å². The van der Waals surface area contributed by atoms with E-state index in [-0.39, 0.29) is 30.5 Å². The van der Waals surface area contributed by atoms with E-state index in [2.05, 4.69) is 17.6 Å². The molecule has 0 aromatic rings. The second-order valence-corrected chi connectivity index (χ2v) is 5.16. The van der Waals surface area contributed by atoms with Crippen LogP contribution >= 0.6 is 0 Å². The maximum atomic E-state index is 12.3. The van der Waals surface area contributed by atoms with Crippen molar-refractivity contribution >= 4 is 11.8 Å². The highest BCUT2D eigenvalue weighted by molar-refractivity contribution is 5.86. The van der Waals surface area contributed by atoms with Gasteiger partial charge in [-0.05, 0) is 19.3 Å². The van der Waals surface area contributed by atoms with Gasteiger partial charge in [0.1, 0.15) is 6.04 Å². The highest BCUT2D eigenvalue weighted by Crippen LogP contribution is 2.14. The second-order valence-electron chi connectivity index (χ2n) is 5.16. The molecule has 2 unspecified atom stereocenters. The molecule has 2 amide bonds. The molecule has 0 spiro atoms. The van der Waals surface area contributed by atoms with Gasteiger partial charge in [-0.25, -0.2) is 0 Å². The molecule has 2 fully saturated rings. The normalized spacial score (nSPS) is 28.1. The third-order valence-corrected chi connectivity index (χ3v) is 3.56. The Morgan fingerprint density at radius 3 is 3.05 bits per heavy atom. The van der Waals surface area contributed by atoms with Gasteiger partial charge in [0.25, 0.3) is 0 Å². The summed E-state index contributed by atoms with van der Waals surface area (Å²) in [5.74, 6) is 0.0247. The lowest BCUT2D eigenvalue weighted by atomic mass is 10.1. The standard InChI is InChI=1S/C13H23N3O3/c1-2-6-19-10-4-3-5-16(9-10)13(18)11-7-15-12(17)8-14-11/h10-11,14H,2-9H2,1H3,(H,15,17). The number of nitrogens with zero attached hydrogens (tertiary/aromatic N) is 1. The molecule has 0 aromatic heterocycles. The molecular weight excluding hydrogens is 246 g/mol. The Balaban J connectivity index is 1.82. The van der Waals surface area contributed by atoms with Crippen LogP contribution in [0.15, 0.2) is 0 Å². The zero-order valence-corrected chi connectivity index (χ0v) is 11.5. The Kier molecular flexibility index (Phi) is 5.15. The molecule has 2 heterocycles. The maximum absolute atomic E-state index is 12.3. The van der Waals surface area contributed by atoms with Gasteiger partial charge >= 0.3 is 0 Å². The van der Waals surface area contributed by atoms with Gasteiger partial charge in [-0.2, -0.15) is 0 Å². The molecule has 0 aromatic carbocycles. The van der Waals surface area contributed by atoms with Gasteiger partial charge in [-0.15, -0.1) is 0 Å². The summed E-state index contributed by atoms with van der Waals surface area (Å²) < 4.78 is 5.73. The van der Waals surface area contributed by atoms with Crippen LogP contribution in [0.4, 0.5) is 0 Å². The summed E-state index contributed by atoms with van der Waals surface area (Å²) in [4.78, 5) is 25.3. The highest BCUT2D eigenvalue weighted by Gasteiger charge is 2.31.